The summed E-state index contributed by atoms with van der Waals surface area (Å²) in [5.74, 6) is 1.03. The lowest BCUT2D eigenvalue weighted by Gasteiger charge is -2.39. The standard InChI is InChI=1S/C21H29N3O3S/c1-14-17(15(2)27-22-14)9-23-8-5-16-18(11-28-19(16)10-23)20(26)24-7-4-6-21(3,12-24)13-25/h11,25H,4-10,12-13H2,1-3H3/t21-/m0/s1. The maximum absolute atomic E-state index is 13.2. The van der Waals surface area contributed by atoms with Gasteiger partial charge in [0.2, 0.25) is 0 Å². The van der Waals surface area contributed by atoms with Gasteiger partial charge in [0.15, 0.2) is 0 Å². The molecule has 1 atom stereocenters. The molecule has 0 bridgehead atoms. The number of thiophene rings is 1. The van der Waals surface area contributed by atoms with Crippen LogP contribution < -0.4 is 0 Å². The number of aliphatic hydroxyl groups is 1. The van der Waals surface area contributed by atoms with Gasteiger partial charge in [0.25, 0.3) is 5.91 Å². The molecule has 2 aliphatic rings. The van der Waals surface area contributed by atoms with Crippen LogP contribution in [0.4, 0.5) is 0 Å². The van der Waals surface area contributed by atoms with Gasteiger partial charge in [0.05, 0.1) is 17.9 Å². The third-order valence-corrected chi connectivity index (χ3v) is 7.28. The normalized spacial score (nSPS) is 23.1. The van der Waals surface area contributed by atoms with Crippen LogP contribution in [0.2, 0.25) is 0 Å². The number of nitrogens with zero attached hydrogens (tertiary/aromatic N) is 3. The van der Waals surface area contributed by atoms with Crippen molar-refractivity contribution in [2.45, 2.75) is 53.1 Å². The number of rotatable bonds is 4. The molecule has 1 saturated heterocycles. The summed E-state index contributed by atoms with van der Waals surface area (Å²) in [5, 5.41) is 15.8. The van der Waals surface area contributed by atoms with Crippen LogP contribution in [0, 0.1) is 19.3 Å². The first-order chi connectivity index (χ1) is 13.4. The van der Waals surface area contributed by atoms with E-state index in [2.05, 4.69) is 17.0 Å². The van der Waals surface area contributed by atoms with Crippen LogP contribution in [-0.2, 0) is 19.5 Å². The van der Waals surface area contributed by atoms with E-state index in [9.17, 15) is 9.90 Å². The molecular weight excluding hydrogens is 374 g/mol. The molecule has 2 aromatic heterocycles. The van der Waals surface area contributed by atoms with Gasteiger partial charge in [0, 0.05) is 54.0 Å². The molecule has 4 rings (SSSR count). The Morgan fingerprint density at radius 3 is 2.93 bits per heavy atom. The molecule has 152 valence electrons. The Labute approximate surface area is 170 Å². The molecule has 0 radical (unpaired) electrons. The van der Waals surface area contributed by atoms with E-state index in [0.717, 1.165) is 62.5 Å². The molecule has 1 N–H and O–H groups in total. The minimum atomic E-state index is -0.171. The van der Waals surface area contributed by atoms with Crippen molar-refractivity contribution in [2.24, 2.45) is 5.41 Å². The second-order valence-corrected chi connectivity index (χ2v) is 9.58. The molecule has 28 heavy (non-hydrogen) atoms. The summed E-state index contributed by atoms with van der Waals surface area (Å²) in [6.45, 7) is 10.2. The lowest BCUT2D eigenvalue weighted by atomic mass is 9.82. The molecule has 0 saturated carbocycles. The van der Waals surface area contributed by atoms with Gasteiger partial charge >= 0.3 is 0 Å². The monoisotopic (exact) mass is 403 g/mol. The Morgan fingerprint density at radius 1 is 1.39 bits per heavy atom. The number of amides is 1. The number of piperidine rings is 1. The molecule has 6 nitrogen and oxygen atoms in total. The smallest absolute Gasteiger partial charge is 0.255 e. The van der Waals surface area contributed by atoms with Crippen molar-refractivity contribution >= 4 is 17.2 Å². The Balaban J connectivity index is 1.47. The summed E-state index contributed by atoms with van der Waals surface area (Å²) >= 11 is 1.70. The highest BCUT2D eigenvalue weighted by Gasteiger charge is 2.34. The van der Waals surface area contributed by atoms with Crippen molar-refractivity contribution in [1.82, 2.24) is 15.0 Å². The lowest BCUT2D eigenvalue weighted by Crippen LogP contribution is -2.46. The first kappa shape index (κ1) is 19.6. The van der Waals surface area contributed by atoms with Crippen LogP contribution in [0.15, 0.2) is 9.90 Å². The van der Waals surface area contributed by atoms with Crippen molar-refractivity contribution in [3.63, 3.8) is 0 Å². The molecule has 1 amide bonds. The minimum absolute atomic E-state index is 0.134. The van der Waals surface area contributed by atoms with Gasteiger partial charge in [-0.2, -0.15) is 0 Å². The average molecular weight is 404 g/mol. The Morgan fingerprint density at radius 2 is 2.21 bits per heavy atom. The third kappa shape index (κ3) is 3.63. The second-order valence-electron chi connectivity index (χ2n) is 8.61. The van der Waals surface area contributed by atoms with E-state index in [-0.39, 0.29) is 17.9 Å². The van der Waals surface area contributed by atoms with E-state index in [4.69, 9.17) is 4.52 Å². The number of likely N-dealkylation sites (tertiary alicyclic amines) is 1. The SMILES string of the molecule is Cc1noc(C)c1CN1CCc2c(C(=O)N3CCC[C@](C)(CO)C3)csc2C1. The quantitative estimate of drug-likeness (QED) is 0.849. The molecule has 0 aromatic carbocycles. The average Bonchev–Trinajstić information content (AvgIpc) is 3.25. The second kappa shape index (κ2) is 7.61. The number of fused-ring (bicyclic) bond motifs is 1. The van der Waals surface area contributed by atoms with Crippen LogP contribution >= 0.6 is 11.3 Å². The largest absolute Gasteiger partial charge is 0.396 e. The summed E-state index contributed by atoms with van der Waals surface area (Å²) in [4.78, 5) is 18.8. The van der Waals surface area contributed by atoms with Crippen LogP contribution in [0.25, 0.3) is 0 Å². The molecule has 1 fully saturated rings. The number of aromatic nitrogens is 1. The Kier molecular flexibility index (Phi) is 5.33. The van der Waals surface area contributed by atoms with Gasteiger partial charge in [-0.1, -0.05) is 12.1 Å². The summed E-state index contributed by atoms with van der Waals surface area (Å²) in [6, 6.07) is 0. The number of carbonyl (C=O) groups is 1. The van der Waals surface area contributed by atoms with Crippen molar-refractivity contribution in [2.75, 3.05) is 26.2 Å². The lowest BCUT2D eigenvalue weighted by molar-refractivity contribution is 0.0357. The molecule has 2 aromatic rings. The van der Waals surface area contributed by atoms with Crippen LogP contribution in [0.3, 0.4) is 0 Å². The number of carbonyl (C=O) groups excluding carboxylic acids is 1. The number of aliphatic hydroxyl groups excluding tert-OH is 1. The zero-order valence-corrected chi connectivity index (χ0v) is 17.8. The predicted octanol–water partition coefficient (Wildman–Crippen LogP) is 3.15. The maximum atomic E-state index is 13.2. The van der Waals surface area contributed by atoms with Crippen LogP contribution in [0.5, 0.6) is 0 Å². The van der Waals surface area contributed by atoms with Gasteiger partial charge in [-0.05, 0) is 38.7 Å². The fourth-order valence-corrected chi connectivity index (χ4v) is 5.55. The van der Waals surface area contributed by atoms with Crippen LogP contribution in [-0.4, -0.2) is 52.2 Å². The summed E-state index contributed by atoms with van der Waals surface area (Å²) in [5.41, 5.74) is 4.06. The summed E-state index contributed by atoms with van der Waals surface area (Å²) < 4.78 is 5.29. The fraction of sp³-hybridized carbons (Fsp3) is 0.619. The molecule has 4 heterocycles. The first-order valence-corrected chi connectivity index (χ1v) is 10.9. The summed E-state index contributed by atoms with van der Waals surface area (Å²) in [6.07, 6.45) is 2.83. The highest BCUT2D eigenvalue weighted by molar-refractivity contribution is 7.10. The number of aryl methyl sites for hydroxylation is 2. The first-order valence-electron chi connectivity index (χ1n) is 10.0. The molecular formula is C21H29N3O3S. The predicted molar refractivity (Wildman–Crippen MR) is 108 cm³/mol. The van der Waals surface area contributed by atoms with Crippen molar-refractivity contribution < 1.29 is 14.4 Å². The van der Waals surface area contributed by atoms with Gasteiger partial charge in [-0.3, -0.25) is 9.69 Å². The van der Waals surface area contributed by atoms with Crippen molar-refractivity contribution in [1.29, 1.82) is 0 Å². The molecule has 0 unspecified atom stereocenters. The highest BCUT2D eigenvalue weighted by atomic mass is 32.1. The number of hydrogen-bond donors (Lipinski definition) is 1. The van der Waals surface area contributed by atoms with E-state index < -0.39 is 0 Å². The topological polar surface area (TPSA) is 69.8 Å². The highest BCUT2D eigenvalue weighted by Crippen LogP contribution is 2.34. The molecule has 2 aliphatic heterocycles. The molecule has 0 aliphatic carbocycles. The van der Waals surface area contributed by atoms with E-state index in [0.29, 0.717) is 6.54 Å². The van der Waals surface area contributed by atoms with Gasteiger partial charge in [-0.25, -0.2) is 0 Å². The van der Waals surface area contributed by atoms with E-state index in [1.165, 1.54) is 16.0 Å². The Bertz CT molecular complexity index is 855. The van der Waals surface area contributed by atoms with E-state index in [1.807, 2.05) is 24.1 Å². The molecule has 0 spiro atoms. The van der Waals surface area contributed by atoms with Crippen molar-refractivity contribution in [3.05, 3.63) is 38.4 Å². The van der Waals surface area contributed by atoms with Crippen molar-refractivity contribution in [3.8, 4) is 0 Å². The van der Waals surface area contributed by atoms with E-state index in [1.54, 1.807) is 11.3 Å². The zero-order valence-electron chi connectivity index (χ0n) is 17.0. The molecule has 7 heteroatoms. The zero-order chi connectivity index (χ0) is 19.9. The van der Waals surface area contributed by atoms with Gasteiger partial charge in [-0.15, -0.1) is 11.3 Å². The minimum Gasteiger partial charge on any atom is -0.396 e. The maximum Gasteiger partial charge on any atom is 0.255 e. The van der Waals surface area contributed by atoms with Gasteiger partial charge < -0.3 is 14.5 Å². The van der Waals surface area contributed by atoms with E-state index >= 15 is 0 Å². The Hall–Kier alpha value is -1.70. The fourth-order valence-electron chi connectivity index (χ4n) is 4.44. The van der Waals surface area contributed by atoms with Crippen LogP contribution in [0.1, 0.15) is 57.6 Å². The third-order valence-electron chi connectivity index (χ3n) is 6.27. The summed E-state index contributed by atoms with van der Waals surface area (Å²) in [7, 11) is 0. The number of hydrogen-bond acceptors (Lipinski definition) is 6. The van der Waals surface area contributed by atoms with Gasteiger partial charge in [0.1, 0.15) is 5.76 Å².